The van der Waals surface area contributed by atoms with Crippen LogP contribution < -0.4 is 9.80 Å². The van der Waals surface area contributed by atoms with E-state index in [1.165, 1.54) is 37.7 Å². The minimum Gasteiger partial charge on any atom is -0.455 e. The molecule has 328 valence electrons. The predicted molar refractivity (Wildman–Crippen MR) is 295 cm³/mol. The second kappa shape index (κ2) is 16.2. The number of nitrogens with zero attached hydrogens (tertiary/aromatic N) is 3. The fourth-order valence-electron chi connectivity index (χ4n) is 11.1. The van der Waals surface area contributed by atoms with E-state index in [-0.39, 0.29) is 0 Å². The maximum atomic E-state index is 7.16. The highest BCUT2D eigenvalue weighted by Gasteiger charge is 2.26. The Morgan fingerprint density at radius 3 is 1.34 bits per heavy atom. The summed E-state index contributed by atoms with van der Waals surface area (Å²) in [6, 6.07) is 94.2. The second-order valence-corrected chi connectivity index (χ2v) is 18.0. The molecule has 0 radical (unpaired) electrons. The number of aromatic nitrogens is 1. The SMILES string of the molecule is c1ccc(N(c2ccccc2)c2cc(-c3cc4c5ccccc5n(-c5ccccc5)c4c4c3oc3ccccc34)cc(N(c3ccccc3)c3ccc4c5ccccc5c5ccccc5c4c3)c2)cc1. The van der Waals surface area contributed by atoms with Crippen LogP contribution in [0.4, 0.5) is 34.1 Å². The Kier molecular flexibility index (Phi) is 9.17. The molecule has 0 aliphatic heterocycles. The van der Waals surface area contributed by atoms with Gasteiger partial charge in [0.25, 0.3) is 0 Å². The molecular formula is C66H43N3O. The van der Waals surface area contributed by atoms with Crippen molar-refractivity contribution in [3.05, 3.63) is 261 Å². The quantitative estimate of drug-likeness (QED) is 0.142. The molecule has 0 amide bonds. The molecule has 2 heterocycles. The molecule has 0 saturated carbocycles. The lowest BCUT2D eigenvalue weighted by Crippen LogP contribution is -2.13. The Balaban J connectivity index is 1.10. The summed E-state index contributed by atoms with van der Waals surface area (Å²) in [4.78, 5) is 4.78. The van der Waals surface area contributed by atoms with Crippen LogP contribution in [0.25, 0.3) is 92.9 Å². The molecule has 2 aromatic heterocycles. The zero-order chi connectivity index (χ0) is 46.1. The fraction of sp³-hybridized carbons (Fsp3) is 0. The molecule has 0 N–H and O–H groups in total. The van der Waals surface area contributed by atoms with Gasteiger partial charge in [-0.1, -0.05) is 164 Å². The van der Waals surface area contributed by atoms with Crippen LogP contribution in [-0.4, -0.2) is 4.57 Å². The molecular weight excluding hydrogens is 851 g/mol. The number of anilines is 6. The first-order valence-electron chi connectivity index (χ1n) is 23.9. The van der Waals surface area contributed by atoms with Crippen molar-refractivity contribution in [1.29, 1.82) is 0 Å². The Bertz CT molecular complexity index is 4220. The second-order valence-electron chi connectivity index (χ2n) is 18.0. The van der Waals surface area contributed by atoms with Crippen LogP contribution in [0.3, 0.4) is 0 Å². The molecule has 0 aliphatic carbocycles. The minimum atomic E-state index is 0.845. The number of furan rings is 1. The van der Waals surface area contributed by atoms with E-state index in [1.54, 1.807) is 0 Å². The highest BCUT2D eigenvalue weighted by molar-refractivity contribution is 6.28. The molecule has 0 spiro atoms. The largest absolute Gasteiger partial charge is 0.455 e. The van der Waals surface area contributed by atoms with Crippen LogP contribution in [0.2, 0.25) is 0 Å². The van der Waals surface area contributed by atoms with Crippen molar-refractivity contribution in [2.24, 2.45) is 0 Å². The van der Waals surface area contributed by atoms with E-state index in [0.717, 1.165) is 89.3 Å². The van der Waals surface area contributed by atoms with Gasteiger partial charge >= 0.3 is 0 Å². The Hall–Kier alpha value is -9.38. The van der Waals surface area contributed by atoms with Gasteiger partial charge in [0.15, 0.2) is 0 Å². The van der Waals surface area contributed by atoms with Crippen LogP contribution in [0.5, 0.6) is 0 Å². The topological polar surface area (TPSA) is 24.6 Å². The third kappa shape index (κ3) is 6.31. The average Bonchev–Trinajstić information content (AvgIpc) is 3.98. The molecule has 12 aromatic carbocycles. The summed E-state index contributed by atoms with van der Waals surface area (Å²) >= 11 is 0. The van der Waals surface area contributed by atoms with Crippen molar-refractivity contribution in [2.45, 2.75) is 0 Å². The van der Waals surface area contributed by atoms with Gasteiger partial charge in [-0.3, -0.25) is 0 Å². The Morgan fingerprint density at radius 1 is 0.300 bits per heavy atom. The molecule has 0 aliphatic rings. The average molecular weight is 894 g/mol. The van der Waals surface area contributed by atoms with Crippen LogP contribution in [0.1, 0.15) is 0 Å². The van der Waals surface area contributed by atoms with E-state index in [2.05, 4.69) is 275 Å². The number of para-hydroxylation sites is 6. The van der Waals surface area contributed by atoms with Crippen LogP contribution in [0, 0.1) is 0 Å². The molecule has 0 fully saturated rings. The van der Waals surface area contributed by atoms with Gasteiger partial charge in [-0.05, 0) is 135 Å². The molecule has 4 heteroatoms. The van der Waals surface area contributed by atoms with Crippen LogP contribution >= 0.6 is 0 Å². The summed E-state index contributed by atoms with van der Waals surface area (Å²) in [5, 5.41) is 12.0. The molecule has 0 saturated heterocycles. The molecule has 0 bridgehead atoms. The van der Waals surface area contributed by atoms with E-state index in [9.17, 15) is 0 Å². The summed E-state index contributed by atoms with van der Waals surface area (Å²) < 4.78 is 9.57. The molecule has 14 aromatic rings. The van der Waals surface area contributed by atoms with Crippen molar-refractivity contribution in [3.8, 4) is 16.8 Å². The maximum Gasteiger partial charge on any atom is 0.145 e. The number of benzene rings is 12. The van der Waals surface area contributed by atoms with Crippen LogP contribution in [0.15, 0.2) is 265 Å². The van der Waals surface area contributed by atoms with E-state index < -0.39 is 0 Å². The third-order valence-electron chi connectivity index (χ3n) is 14.1. The Labute approximate surface area is 404 Å². The summed E-state index contributed by atoms with van der Waals surface area (Å²) in [5.74, 6) is 0. The lowest BCUT2D eigenvalue weighted by Gasteiger charge is -2.30. The summed E-state index contributed by atoms with van der Waals surface area (Å²) in [6.07, 6.45) is 0. The van der Waals surface area contributed by atoms with Gasteiger partial charge < -0.3 is 18.8 Å². The van der Waals surface area contributed by atoms with Gasteiger partial charge in [0.2, 0.25) is 0 Å². The monoisotopic (exact) mass is 893 g/mol. The van der Waals surface area contributed by atoms with Gasteiger partial charge in [0.05, 0.1) is 16.4 Å². The van der Waals surface area contributed by atoms with Crippen molar-refractivity contribution in [1.82, 2.24) is 4.57 Å². The Morgan fingerprint density at radius 2 is 0.757 bits per heavy atom. The van der Waals surface area contributed by atoms with Crippen molar-refractivity contribution < 1.29 is 4.42 Å². The van der Waals surface area contributed by atoms with Gasteiger partial charge in [-0.15, -0.1) is 0 Å². The van der Waals surface area contributed by atoms with Crippen LogP contribution in [-0.2, 0) is 0 Å². The predicted octanol–water partition coefficient (Wildman–Crippen LogP) is 18.7. The maximum absolute atomic E-state index is 7.16. The highest BCUT2D eigenvalue weighted by Crippen LogP contribution is 2.49. The lowest BCUT2D eigenvalue weighted by atomic mass is 9.93. The van der Waals surface area contributed by atoms with E-state index in [0.29, 0.717) is 0 Å². The van der Waals surface area contributed by atoms with Crippen molar-refractivity contribution >= 4 is 110 Å². The van der Waals surface area contributed by atoms with Crippen molar-refractivity contribution in [3.63, 3.8) is 0 Å². The third-order valence-corrected chi connectivity index (χ3v) is 14.1. The number of rotatable bonds is 8. The van der Waals surface area contributed by atoms with E-state index >= 15 is 0 Å². The van der Waals surface area contributed by atoms with E-state index in [4.69, 9.17) is 4.42 Å². The smallest absolute Gasteiger partial charge is 0.145 e. The van der Waals surface area contributed by atoms with Gasteiger partial charge in [-0.25, -0.2) is 0 Å². The standard InChI is InChI=1S/C66H43N3O/c1-5-21-45(22-6-1)67(46-23-7-2-8-24-46)50-39-44(59-43-61-57-33-17-19-35-62(57)69(48-27-11-4-12-28-48)65(61)64-58-34-18-20-36-63(58)70-66(59)64)40-51(41-50)68(47-25-9-3-10-26-47)49-37-38-56-54-31-14-13-29-52(54)53-30-15-16-32-55(53)60(56)42-49/h1-43H. The number of hydrogen-bond acceptors (Lipinski definition) is 3. The lowest BCUT2D eigenvalue weighted by molar-refractivity contribution is 0.670. The number of fused-ring (bicyclic) bond motifs is 13. The zero-order valence-electron chi connectivity index (χ0n) is 38.1. The van der Waals surface area contributed by atoms with Gasteiger partial charge in [0.1, 0.15) is 11.2 Å². The van der Waals surface area contributed by atoms with E-state index in [1.807, 2.05) is 0 Å². The first-order chi connectivity index (χ1) is 34.7. The fourth-order valence-corrected chi connectivity index (χ4v) is 11.1. The summed E-state index contributed by atoms with van der Waals surface area (Å²) in [5.41, 5.74) is 13.4. The number of hydrogen-bond donors (Lipinski definition) is 0. The molecule has 70 heavy (non-hydrogen) atoms. The summed E-state index contributed by atoms with van der Waals surface area (Å²) in [6.45, 7) is 0. The van der Waals surface area contributed by atoms with Gasteiger partial charge in [-0.2, -0.15) is 0 Å². The van der Waals surface area contributed by atoms with Crippen molar-refractivity contribution in [2.75, 3.05) is 9.80 Å². The minimum absolute atomic E-state index is 0.845. The molecule has 0 unspecified atom stereocenters. The first-order valence-corrected chi connectivity index (χ1v) is 23.9. The molecule has 0 atom stereocenters. The molecule has 14 rings (SSSR count). The molecule has 4 nitrogen and oxygen atoms in total. The zero-order valence-corrected chi connectivity index (χ0v) is 38.1. The summed E-state index contributed by atoms with van der Waals surface area (Å²) in [7, 11) is 0. The highest BCUT2D eigenvalue weighted by atomic mass is 16.3. The van der Waals surface area contributed by atoms with Gasteiger partial charge in [0, 0.05) is 61.5 Å². The normalized spacial score (nSPS) is 11.7. The first kappa shape index (κ1) is 39.8.